The zero-order valence-corrected chi connectivity index (χ0v) is 51.8. The summed E-state index contributed by atoms with van der Waals surface area (Å²) in [6.07, 6.45) is 28.5. The van der Waals surface area contributed by atoms with Gasteiger partial charge in [0.15, 0.2) is 9.84 Å². The van der Waals surface area contributed by atoms with Crippen LogP contribution in [0.4, 0.5) is 17.1 Å². The first-order valence-electron chi connectivity index (χ1n) is 29.7. The lowest BCUT2D eigenvalue weighted by molar-refractivity contribution is -0.133. The molecule has 8 N–H and O–H groups in total. The number of rotatable bonds is 15. The minimum absolute atomic E-state index is 0.00180. The number of carbonyl (C=O) groups excluding carboxylic acids is 3. The van der Waals surface area contributed by atoms with Crippen molar-refractivity contribution in [3.8, 4) is 57.8 Å². The predicted octanol–water partition coefficient (Wildman–Crippen LogP) is 8.48. The van der Waals surface area contributed by atoms with Gasteiger partial charge in [-0.2, -0.15) is 0 Å². The van der Waals surface area contributed by atoms with Crippen LogP contribution < -0.4 is 16.0 Å². The quantitative estimate of drug-likeness (QED) is 0.0446. The predicted molar refractivity (Wildman–Crippen MR) is 347 cm³/mol. The summed E-state index contributed by atoms with van der Waals surface area (Å²) in [6.45, 7) is 10.1. The molecule has 0 aliphatic carbocycles. The van der Waals surface area contributed by atoms with Crippen molar-refractivity contribution in [3.63, 3.8) is 0 Å². The number of thiazole rings is 1. The standard InChI is InChI=1S/C22H27N5O2.C22H23N5O2.C21H23N5O3S2/c1-3-20(29)27-11-14(2)9-16(12-27)26-21-17-7-8-23-22(17)24-10-18(21)19-6-4-5-15(13-28)25-19;1-2-5-20(29)27-11-4-7-15(13-27)26-21-17-9-10-23-22(17)24-12-18(21)19-8-3-6-16(14-28)25-19;1-4-5-17(27)26-11-13(2)8-14(12-26)25-19-15-6-7-22-20(15)23-9-16(19)21-24-10-18(30-21)31(3,28)29/h4-8,10,14,16,28H,3,9,11-13H2,1-2H3,(H2,23,24,26);1,3,6,8-10,12,15,28H,4-5,7,11,13-14H2,(H2,23,24,26);1,6-7,9-10,13-14H,5,8,11-12H2,2-3H3,(H2,22,23,25)/t14-,16+;15-;13-,14+/m010/s1. The lowest BCUT2D eigenvalue weighted by atomic mass is 9.95. The zero-order valence-electron chi connectivity index (χ0n) is 50.2. The summed E-state index contributed by atoms with van der Waals surface area (Å²) in [5, 5.41) is 33.3. The Balaban J connectivity index is 0.000000147. The first-order chi connectivity index (χ1) is 43.0. The number of aliphatic hydroxyl groups excluding tert-OH is 2. The topological polar surface area (TPSA) is 296 Å². The van der Waals surface area contributed by atoms with Crippen LogP contribution in [0.15, 0.2) is 102 Å². The SMILES string of the molecule is C#CCC(=O)N1CCC[C@@H](Nc2c(-c3cccc(CO)n3)cnc3[nH]ccc23)C1.C#CCC(=O)N1C[C@@H](C)C[C@@H](Nc2c(-c3ncc(S(C)(=O)=O)s3)cnc3[nH]ccc23)C1.CCC(=O)N1C[C@@H](C)C[C@@H](Nc2c(-c3cccc(CO)n3)cnc3[nH]ccc23)C1. The van der Waals surface area contributed by atoms with E-state index >= 15 is 0 Å². The van der Waals surface area contributed by atoms with Crippen LogP contribution in [0.25, 0.3) is 66.2 Å². The molecule has 0 saturated carbocycles. The van der Waals surface area contributed by atoms with Crippen LogP contribution in [0.1, 0.15) is 77.1 Å². The van der Waals surface area contributed by atoms with Gasteiger partial charge in [-0.3, -0.25) is 24.4 Å². The summed E-state index contributed by atoms with van der Waals surface area (Å²) >= 11 is 1.12. The van der Waals surface area contributed by atoms with Crippen LogP contribution in [0, 0.1) is 36.5 Å². The van der Waals surface area contributed by atoms with Crippen molar-refractivity contribution in [2.24, 2.45) is 11.8 Å². The minimum Gasteiger partial charge on any atom is -0.390 e. The van der Waals surface area contributed by atoms with Gasteiger partial charge in [0.05, 0.1) is 77.7 Å². The van der Waals surface area contributed by atoms with Crippen molar-refractivity contribution < 1.29 is 33.0 Å². The van der Waals surface area contributed by atoms with Gasteiger partial charge < -0.3 is 55.8 Å². The van der Waals surface area contributed by atoms with E-state index in [2.05, 4.69) is 86.5 Å². The molecule has 24 heteroatoms. The Labute approximate surface area is 520 Å². The smallest absolute Gasteiger partial charge is 0.234 e. The molecule has 3 aliphatic rings. The van der Waals surface area contributed by atoms with Gasteiger partial charge >= 0.3 is 0 Å². The van der Waals surface area contributed by atoms with Crippen molar-refractivity contribution in [3.05, 3.63) is 109 Å². The highest BCUT2D eigenvalue weighted by Gasteiger charge is 2.31. The molecule has 462 valence electrons. The lowest BCUT2D eigenvalue weighted by Crippen LogP contribution is -2.48. The van der Waals surface area contributed by atoms with Gasteiger partial charge in [-0.15, -0.1) is 24.2 Å². The van der Waals surface area contributed by atoms with Crippen LogP contribution in [0.5, 0.6) is 0 Å². The van der Waals surface area contributed by atoms with Gasteiger partial charge in [-0.25, -0.2) is 28.4 Å². The number of anilines is 3. The Morgan fingerprint density at radius 2 is 1.07 bits per heavy atom. The number of fused-ring (bicyclic) bond motifs is 3. The number of hydrogen-bond acceptors (Lipinski definition) is 17. The maximum Gasteiger partial charge on any atom is 0.234 e. The fourth-order valence-electron chi connectivity index (χ4n) is 11.9. The molecule has 0 unspecified atom stereocenters. The number of nitrogens with zero attached hydrogens (tertiary/aromatic N) is 9. The number of aromatic amines is 3. The van der Waals surface area contributed by atoms with Crippen molar-refractivity contribution in [2.75, 3.05) is 61.5 Å². The lowest BCUT2D eigenvalue weighted by Gasteiger charge is -2.37. The molecule has 9 aromatic heterocycles. The first kappa shape index (κ1) is 62.8. The molecule has 0 spiro atoms. The molecule has 22 nitrogen and oxygen atoms in total. The molecule has 0 aromatic carbocycles. The minimum atomic E-state index is -3.34. The second-order valence-corrected chi connectivity index (χ2v) is 26.1. The van der Waals surface area contributed by atoms with Crippen molar-refractivity contribution in [1.29, 1.82) is 0 Å². The third-order valence-electron chi connectivity index (χ3n) is 16.0. The summed E-state index contributed by atoms with van der Waals surface area (Å²) in [5.74, 6) is 5.77. The van der Waals surface area contributed by atoms with Crippen molar-refractivity contribution in [2.45, 2.75) is 101 Å². The first-order valence-corrected chi connectivity index (χ1v) is 32.4. The molecule has 3 fully saturated rings. The third kappa shape index (κ3) is 14.9. The van der Waals surface area contributed by atoms with E-state index in [-0.39, 0.29) is 66.1 Å². The third-order valence-corrected chi connectivity index (χ3v) is 18.8. The second kappa shape index (κ2) is 28.3. The van der Waals surface area contributed by atoms with Crippen molar-refractivity contribution in [1.82, 2.24) is 59.6 Å². The maximum atomic E-state index is 12.4. The fourth-order valence-corrected chi connectivity index (χ4v) is 13.7. The van der Waals surface area contributed by atoms with Gasteiger partial charge in [0.2, 0.25) is 17.7 Å². The summed E-state index contributed by atoms with van der Waals surface area (Å²) in [7, 11) is -3.34. The summed E-state index contributed by atoms with van der Waals surface area (Å²) in [4.78, 5) is 78.9. The van der Waals surface area contributed by atoms with Gasteiger partial charge in [0, 0.05) is 135 Å². The number of piperidine rings is 3. The highest BCUT2D eigenvalue weighted by molar-refractivity contribution is 7.92. The molecule has 3 saturated heterocycles. The summed E-state index contributed by atoms with van der Waals surface area (Å²) in [6, 6.07) is 17.4. The number of likely N-dealkylation sites (tertiary alicyclic amines) is 3. The maximum absolute atomic E-state index is 12.4. The van der Waals surface area contributed by atoms with Crippen LogP contribution in [0.2, 0.25) is 0 Å². The van der Waals surface area contributed by atoms with Gasteiger partial charge in [0.25, 0.3) is 0 Å². The van der Waals surface area contributed by atoms with E-state index < -0.39 is 9.84 Å². The van der Waals surface area contributed by atoms with Gasteiger partial charge in [-0.1, -0.05) is 44.7 Å². The molecule has 5 atom stereocenters. The highest BCUT2D eigenvalue weighted by atomic mass is 32.2. The van der Waals surface area contributed by atoms with E-state index in [0.717, 1.165) is 128 Å². The molecule has 3 aliphatic heterocycles. The van der Waals surface area contributed by atoms with Crippen LogP contribution in [-0.4, -0.2) is 160 Å². The number of carbonyl (C=O) groups is 3. The molecule has 0 radical (unpaired) electrons. The van der Waals surface area contributed by atoms with E-state index in [9.17, 15) is 33.0 Å². The Morgan fingerprint density at radius 3 is 1.53 bits per heavy atom. The van der Waals surface area contributed by atoms with Crippen LogP contribution in [-0.2, 0) is 37.4 Å². The average molecular weight is 1240 g/mol. The Hall–Kier alpha value is -9.20. The van der Waals surface area contributed by atoms with Gasteiger partial charge in [0.1, 0.15) is 26.2 Å². The number of amides is 3. The molecule has 3 amide bonds. The monoisotopic (exact) mass is 1240 g/mol. The van der Waals surface area contributed by atoms with E-state index in [1.807, 2.05) is 88.9 Å². The molecule has 89 heavy (non-hydrogen) atoms. The molecular formula is C65H73N15O7S2. The van der Waals surface area contributed by atoms with E-state index in [4.69, 9.17) is 12.8 Å². The molecule has 12 heterocycles. The molecule has 0 bridgehead atoms. The zero-order chi connectivity index (χ0) is 62.8. The number of H-pyrrole nitrogens is 3. The Bertz CT molecular complexity index is 4200. The highest BCUT2D eigenvalue weighted by Crippen LogP contribution is 2.39. The number of nitrogens with one attached hydrogen (secondary N) is 6. The number of terminal acetylenes is 2. The van der Waals surface area contributed by atoms with Crippen LogP contribution >= 0.6 is 11.3 Å². The Morgan fingerprint density at radius 1 is 0.618 bits per heavy atom. The fraction of sp³-hybridized carbons (Fsp3) is 0.369. The second-order valence-electron chi connectivity index (χ2n) is 22.9. The summed E-state index contributed by atoms with van der Waals surface area (Å²) in [5.41, 5.74) is 10.2. The Kier molecular flexibility index (Phi) is 20.0. The molecule has 9 aromatic rings. The van der Waals surface area contributed by atoms with Crippen molar-refractivity contribution >= 4 is 89.1 Å². The summed E-state index contributed by atoms with van der Waals surface area (Å²) < 4.78 is 24.1. The van der Waals surface area contributed by atoms with Crippen LogP contribution in [0.3, 0.4) is 0 Å². The largest absolute Gasteiger partial charge is 0.390 e. The average Bonchev–Trinajstić information content (AvgIpc) is 1.94. The number of hydrogen-bond donors (Lipinski definition) is 8. The number of sulfone groups is 1. The number of aliphatic hydroxyl groups is 2. The van der Waals surface area contributed by atoms with Gasteiger partial charge in [-0.05, 0) is 80.0 Å². The molecular weight excluding hydrogens is 1170 g/mol. The normalized spacial score (nSPS) is 18.5. The van der Waals surface area contributed by atoms with E-state index in [1.165, 1.54) is 12.5 Å². The number of aromatic nitrogens is 9. The molecule has 12 rings (SSSR count). The van der Waals surface area contributed by atoms with E-state index in [1.54, 1.807) is 24.5 Å². The number of pyridine rings is 5. The van der Waals surface area contributed by atoms with E-state index in [0.29, 0.717) is 60.8 Å².